The van der Waals surface area contributed by atoms with Crippen LogP contribution in [0.25, 0.3) is 0 Å². The second kappa shape index (κ2) is 13.5. The molecule has 0 radical (unpaired) electrons. The Balaban J connectivity index is 1.86. The van der Waals surface area contributed by atoms with E-state index in [4.69, 9.17) is 9.47 Å². The van der Waals surface area contributed by atoms with E-state index in [0.29, 0.717) is 18.4 Å². The molecule has 1 spiro atoms. The molecule has 232 valence electrons. The van der Waals surface area contributed by atoms with Crippen molar-refractivity contribution in [1.82, 2.24) is 0 Å². The average molecular weight is 577 g/mol. The number of hydrogen-bond donors (Lipinski definition) is 3. The lowest BCUT2D eigenvalue weighted by Gasteiger charge is -2.48. The van der Waals surface area contributed by atoms with E-state index in [1.807, 2.05) is 20.8 Å². The number of ketones is 1. The fraction of sp³-hybridized carbons (Fsp3) is 0.788. The van der Waals surface area contributed by atoms with Crippen molar-refractivity contribution in [2.45, 2.75) is 136 Å². The number of aliphatic hydroxyl groups excluding tert-OH is 2. The lowest BCUT2D eigenvalue weighted by molar-refractivity contribution is -0.190. The average Bonchev–Trinajstić information content (AvgIpc) is 3.05. The summed E-state index contributed by atoms with van der Waals surface area (Å²) in [7, 11) is 0. The zero-order chi connectivity index (χ0) is 30.6. The Kier molecular flexibility index (Phi) is 11.0. The first-order chi connectivity index (χ1) is 19.2. The van der Waals surface area contributed by atoms with Gasteiger partial charge in [0, 0.05) is 18.8 Å². The SMILES string of the molecule is CCCCCCCCCCCC(=O)O[C@@H]1[C@@H]2C=C(COC(C)=O)[C@@H](O)[C@]3(O)[C@@H](O)C(C)=C[C@@]3(C2=O)[C@H](C)CC1(C)C. The molecule has 0 amide bonds. The zero-order valence-corrected chi connectivity index (χ0v) is 25.9. The second-order valence-corrected chi connectivity index (χ2v) is 13.4. The first kappa shape index (κ1) is 33.5. The van der Waals surface area contributed by atoms with Crippen LogP contribution in [-0.4, -0.2) is 63.6 Å². The Hall–Kier alpha value is -2.03. The van der Waals surface area contributed by atoms with Crippen LogP contribution in [0.5, 0.6) is 0 Å². The van der Waals surface area contributed by atoms with Gasteiger partial charge in [-0.3, -0.25) is 14.4 Å². The van der Waals surface area contributed by atoms with E-state index in [-0.39, 0.29) is 24.6 Å². The molecule has 0 aromatic carbocycles. The topological polar surface area (TPSA) is 130 Å². The molecule has 0 heterocycles. The maximum absolute atomic E-state index is 14.5. The molecule has 1 saturated carbocycles. The number of rotatable bonds is 13. The van der Waals surface area contributed by atoms with Gasteiger partial charge in [-0.25, -0.2) is 0 Å². The molecule has 0 unspecified atom stereocenters. The third kappa shape index (κ3) is 6.50. The summed E-state index contributed by atoms with van der Waals surface area (Å²) in [5.74, 6) is -2.89. The van der Waals surface area contributed by atoms with Crippen LogP contribution in [0.3, 0.4) is 0 Å². The maximum atomic E-state index is 14.5. The fourth-order valence-electron chi connectivity index (χ4n) is 7.61. The van der Waals surface area contributed by atoms with Gasteiger partial charge < -0.3 is 24.8 Å². The van der Waals surface area contributed by atoms with Crippen molar-refractivity contribution in [3.8, 4) is 0 Å². The summed E-state index contributed by atoms with van der Waals surface area (Å²) in [6, 6.07) is 0. The van der Waals surface area contributed by atoms with Crippen LogP contribution in [0, 0.1) is 22.7 Å². The van der Waals surface area contributed by atoms with Crippen molar-refractivity contribution in [3.05, 3.63) is 23.3 Å². The summed E-state index contributed by atoms with van der Waals surface area (Å²) in [4.78, 5) is 39.3. The number of Topliss-reactive ketones (excluding diaryl/α,β-unsaturated/α-hetero) is 1. The fourth-order valence-corrected chi connectivity index (χ4v) is 7.61. The molecule has 8 heteroatoms. The van der Waals surface area contributed by atoms with E-state index in [1.165, 1.54) is 45.1 Å². The number of unbranched alkanes of at least 4 members (excludes halogenated alkanes) is 8. The lowest BCUT2D eigenvalue weighted by atomic mass is 9.59. The van der Waals surface area contributed by atoms with Gasteiger partial charge >= 0.3 is 11.9 Å². The number of carbonyl (C=O) groups excluding carboxylic acids is 3. The van der Waals surface area contributed by atoms with E-state index < -0.39 is 58.3 Å². The number of esters is 2. The second-order valence-electron chi connectivity index (χ2n) is 13.4. The largest absolute Gasteiger partial charge is 0.461 e. The zero-order valence-electron chi connectivity index (χ0n) is 25.9. The van der Waals surface area contributed by atoms with Crippen molar-refractivity contribution in [3.63, 3.8) is 0 Å². The number of aliphatic hydroxyl groups is 3. The number of carbonyl (C=O) groups is 3. The lowest BCUT2D eigenvalue weighted by Crippen LogP contribution is -2.65. The molecule has 2 bridgehead atoms. The Bertz CT molecular complexity index is 1030. The Labute approximate surface area is 245 Å². The van der Waals surface area contributed by atoms with Gasteiger partial charge in [-0.1, -0.05) is 91.2 Å². The monoisotopic (exact) mass is 576 g/mol. The van der Waals surface area contributed by atoms with Gasteiger partial charge in [-0.15, -0.1) is 0 Å². The van der Waals surface area contributed by atoms with Crippen LogP contribution in [0.4, 0.5) is 0 Å². The minimum atomic E-state index is -2.26. The Morgan fingerprint density at radius 2 is 1.59 bits per heavy atom. The van der Waals surface area contributed by atoms with Gasteiger partial charge in [0.15, 0.2) is 5.78 Å². The molecule has 7 atom stereocenters. The first-order valence-corrected chi connectivity index (χ1v) is 15.6. The van der Waals surface area contributed by atoms with E-state index in [2.05, 4.69) is 6.92 Å². The highest BCUT2D eigenvalue weighted by molar-refractivity contribution is 5.95. The summed E-state index contributed by atoms with van der Waals surface area (Å²) < 4.78 is 11.3. The summed E-state index contributed by atoms with van der Waals surface area (Å²) in [6.45, 7) is 10.4. The number of fused-ring (bicyclic) bond motifs is 1. The van der Waals surface area contributed by atoms with Crippen LogP contribution in [0.1, 0.15) is 112 Å². The number of hydrogen-bond acceptors (Lipinski definition) is 8. The molecular weight excluding hydrogens is 524 g/mol. The molecule has 0 saturated heterocycles. The predicted molar refractivity (Wildman–Crippen MR) is 156 cm³/mol. The van der Waals surface area contributed by atoms with Gasteiger partial charge in [0.2, 0.25) is 0 Å². The molecule has 1 fully saturated rings. The molecule has 0 aromatic rings. The highest BCUT2D eigenvalue weighted by Crippen LogP contribution is 2.61. The van der Waals surface area contributed by atoms with Crippen LogP contribution in [-0.2, 0) is 23.9 Å². The van der Waals surface area contributed by atoms with Gasteiger partial charge in [0.25, 0.3) is 0 Å². The molecule has 41 heavy (non-hydrogen) atoms. The predicted octanol–water partition coefficient (Wildman–Crippen LogP) is 4.97. The quantitative estimate of drug-likeness (QED) is 0.159. The van der Waals surface area contributed by atoms with Crippen LogP contribution >= 0.6 is 0 Å². The van der Waals surface area contributed by atoms with Crippen LogP contribution in [0.15, 0.2) is 23.3 Å². The molecule has 3 aliphatic carbocycles. The van der Waals surface area contributed by atoms with Crippen molar-refractivity contribution >= 4 is 17.7 Å². The van der Waals surface area contributed by atoms with Crippen molar-refractivity contribution in [2.75, 3.05) is 6.61 Å². The van der Waals surface area contributed by atoms with Gasteiger partial charge in [0.05, 0.1) is 11.3 Å². The molecular formula is C33H52O8. The molecule has 3 rings (SSSR count). The third-order valence-electron chi connectivity index (χ3n) is 9.73. The molecule has 8 nitrogen and oxygen atoms in total. The summed E-state index contributed by atoms with van der Waals surface area (Å²) in [5, 5.41) is 34.8. The van der Waals surface area contributed by atoms with Gasteiger partial charge in [0.1, 0.15) is 30.5 Å². The van der Waals surface area contributed by atoms with E-state index in [0.717, 1.165) is 19.3 Å². The smallest absolute Gasteiger partial charge is 0.306 e. The van der Waals surface area contributed by atoms with E-state index >= 15 is 0 Å². The minimum absolute atomic E-state index is 0.106. The summed E-state index contributed by atoms with van der Waals surface area (Å²) >= 11 is 0. The molecule has 3 N–H and O–H groups in total. The molecule has 0 aliphatic heterocycles. The van der Waals surface area contributed by atoms with Crippen molar-refractivity contribution < 1.29 is 39.2 Å². The highest BCUT2D eigenvalue weighted by Gasteiger charge is 2.72. The van der Waals surface area contributed by atoms with E-state index in [9.17, 15) is 29.7 Å². The van der Waals surface area contributed by atoms with Crippen LogP contribution < -0.4 is 0 Å². The van der Waals surface area contributed by atoms with Crippen LogP contribution in [0.2, 0.25) is 0 Å². The number of ether oxygens (including phenoxy) is 2. The molecule has 3 aliphatic rings. The van der Waals surface area contributed by atoms with Crippen molar-refractivity contribution in [2.24, 2.45) is 22.7 Å². The standard InChI is InChI=1S/C33H52O8/c1-7-8-9-10-11-12-13-14-15-16-26(35)41-30-25-17-24(20-40-23(4)34)28(37)33(39)27(36)21(2)18-32(33,29(25)38)22(3)19-31(30,5)6/h17-18,22,25,27-28,30,36-37,39H,7-16,19-20H2,1-6H3/t22-,25-,27+,28-,30-,32+,33-/m1/s1. The van der Waals surface area contributed by atoms with Gasteiger partial charge in [-0.05, 0) is 36.8 Å². The third-order valence-corrected chi connectivity index (χ3v) is 9.73. The Morgan fingerprint density at radius 1 is 1.00 bits per heavy atom. The first-order valence-electron chi connectivity index (χ1n) is 15.6. The normalized spacial score (nSPS) is 34.2. The summed E-state index contributed by atoms with van der Waals surface area (Å²) in [6.07, 6.45) is 9.85. The Morgan fingerprint density at radius 3 is 2.17 bits per heavy atom. The van der Waals surface area contributed by atoms with Crippen molar-refractivity contribution in [1.29, 1.82) is 0 Å². The summed E-state index contributed by atoms with van der Waals surface area (Å²) in [5.41, 5.74) is -4.06. The molecule has 0 aromatic heterocycles. The minimum Gasteiger partial charge on any atom is -0.461 e. The highest BCUT2D eigenvalue weighted by atomic mass is 16.5. The van der Waals surface area contributed by atoms with Gasteiger partial charge in [-0.2, -0.15) is 0 Å². The maximum Gasteiger partial charge on any atom is 0.306 e. The van der Waals surface area contributed by atoms with E-state index in [1.54, 1.807) is 13.0 Å².